The van der Waals surface area contributed by atoms with Crippen molar-refractivity contribution in [2.75, 3.05) is 12.4 Å². The number of rotatable bonds is 6. The lowest BCUT2D eigenvalue weighted by atomic mass is 9.92. The topological polar surface area (TPSA) is 26.3 Å². The van der Waals surface area contributed by atoms with Crippen molar-refractivity contribution >= 4 is 10.8 Å². The van der Waals surface area contributed by atoms with Crippen LogP contribution < -0.4 is 0 Å². The SMILES string of the molecule is C=COCCCC1(CC)CCCCCCS1=O. The van der Waals surface area contributed by atoms with Crippen molar-refractivity contribution in [3.8, 4) is 0 Å². The highest BCUT2D eigenvalue weighted by Gasteiger charge is 2.34. The Hall–Kier alpha value is -0.310. The molecule has 0 aromatic rings. The van der Waals surface area contributed by atoms with E-state index >= 15 is 0 Å². The zero-order valence-corrected chi connectivity index (χ0v) is 11.9. The van der Waals surface area contributed by atoms with Crippen molar-refractivity contribution in [2.45, 2.75) is 63.0 Å². The van der Waals surface area contributed by atoms with Crippen molar-refractivity contribution in [1.29, 1.82) is 0 Å². The predicted octanol–water partition coefficient (Wildman–Crippen LogP) is 3.79. The molecule has 2 unspecified atom stereocenters. The summed E-state index contributed by atoms with van der Waals surface area (Å²) in [5.74, 6) is 0.899. The highest BCUT2D eigenvalue weighted by Crippen LogP contribution is 2.33. The summed E-state index contributed by atoms with van der Waals surface area (Å²) in [5.41, 5.74) is 0. The van der Waals surface area contributed by atoms with Gasteiger partial charge in [-0.05, 0) is 32.1 Å². The molecule has 0 bridgehead atoms. The van der Waals surface area contributed by atoms with Crippen molar-refractivity contribution in [1.82, 2.24) is 0 Å². The van der Waals surface area contributed by atoms with Crippen LogP contribution in [0.15, 0.2) is 12.8 Å². The first-order chi connectivity index (χ1) is 8.25. The molecule has 0 amide bonds. The summed E-state index contributed by atoms with van der Waals surface area (Å²) in [5, 5.41) is 0. The monoisotopic (exact) mass is 258 g/mol. The van der Waals surface area contributed by atoms with Crippen LogP contribution in [0.3, 0.4) is 0 Å². The van der Waals surface area contributed by atoms with Gasteiger partial charge in [0.1, 0.15) is 0 Å². The molecule has 0 saturated carbocycles. The molecule has 0 N–H and O–H groups in total. The Kier molecular flexibility index (Phi) is 6.86. The van der Waals surface area contributed by atoms with Gasteiger partial charge in [0.15, 0.2) is 0 Å². The van der Waals surface area contributed by atoms with Crippen molar-refractivity contribution in [2.24, 2.45) is 0 Å². The summed E-state index contributed by atoms with van der Waals surface area (Å²) in [4.78, 5) is 0. The minimum absolute atomic E-state index is 0.0605. The number of hydrogen-bond acceptors (Lipinski definition) is 2. The van der Waals surface area contributed by atoms with Crippen LogP contribution in [-0.2, 0) is 15.5 Å². The van der Waals surface area contributed by atoms with E-state index in [2.05, 4.69) is 13.5 Å². The lowest BCUT2D eigenvalue weighted by Gasteiger charge is -2.33. The van der Waals surface area contributed by atoms with Gasteiger partial charge in [0, 0.05) is 21.3 Å². The zero-order valence-electron chi connectivity index (χ0n) is 11.1. The zero-order chi connectivity index (χ0) is 12.6. The first-order valence-electron chi connectivity index (χ1n) is 6.86. The number of ether oxygens (including phenoxy) is 1. The van der Waals surface area contributed by atoms with E-state index in [9.17, 15) is 4.21 Å². The molecule has 2 atom stereocenters. The Morgan fingerprint density at radius 3 is 2.82 bits per heavy atom. The average Bonchev–Trinajstić information content (AvgIpc) is 2.33. The standard InChI is InChI=1S/C14H26O2S/c1-3-14(11-9-12-16-4-2)10-7-5-6-8-13-17(14)15/h4H,2-3,5-13H2,1H3. The average molecular weight is 258 g/mol. The Bertz CT molecular complexity index is 253. The van der Waals surface area contributed by atoms with Gasteiger partial charge >= 0.3 is 0 Å². The van der Waals surface area contributed by atoms with Gasteiger partial charge in [-0.15, -0.1) is 0 Å². The van der Waals surface area contributed by atoms with E-state index in [0.717, 1.165) is 37.9 Å². The molecule has 17 heavy (non-hydrogen) atoms. The van der Waals surface area contributed by atoms with Gasteiger partial charge in [0.2, 0.25) is 0 Å². The molecule has 1 aliphatic heterocycles. The maximum Gasteiger partial charge on any atom is 0.0873 e. The molecular formula is C14H26O2S. The largest absolute Gasteiger partial charge is 0.502 e. The molecule has 0 aromatic carbocycles. The third-order valence-electron chi connectivity index (χ3n) is 3.85. The molecule has 0 radical (unpaired) electrons. The van der Waals surface area contributed by atoms with Crippen LogP contribution in [0.25, 0.3) is 0 Å². The second-order valence-electron chi connectivity index (χ2n) is 4.89. The third-order valence-corrected chi connectivity index (χ3v) is 6.17. The molecule has 0 spiro atoms. The van der Waals surface area contributed by atoms with Crippen molar-refractivity contribution in [3.05, 3.63) is 12.8 Å². The minimum atomic E-state index is -0.652. The molecule has 2 nitrogen and oxygen atoms in total. The fraction of sp³-hybridized carbons (Fsp3) is 0.857. The quantitative estimate of drug-likeness (QED) is 0.535. The predicted molar refractivity (Wildman–Crippen MR) is 74.5 cm³/mol. The van der Waals surface area contributed by atoms with Crippen LogP contribution in [0.2, 0.25) is 0 Å². The first kappa shape index (κ1) is 14.7. The molecule has 0 aromatic heterocycles. The van der Waals surface area contributed by atoms with E-state index in [-0.39, 0.29) is 4.75 Å². The van der Waals surface area contributed by atoms with Gasteiger partial charge in [0.25, 0.3) is 0 Å². The molecule has 1 heterocycles. The normalized spacial score (nSPS) is 30.3. The lowest BCUT2D eigenvalue weighted by Crippen LogP contribution is -2.36. The van der Waals surface area contributed by atoms with Crippen molar-refractivity contribution < 1.29 is 8.95 Å². The summed E-state index contributed by atoms with van der Waals surface area (Å²) in [6.45, 7) is 6.44. The second-order valence-corrected chi connectivity index (χ2v) is 6.86. The Labute approximate surface area is 108 Å². The summed E-state index contributed by atoms with van der Waals surface area (Å²) in [7, 11) is -0.652. The van der Waals surface area contributed by atoms with Gasteiger partial charge in [0.05, 0.1) is 12.9 Å². The minimum Gasteiger partial charge on any atom is -0.502 e. The third kappa shape index (κ3) is 4.46. The molecular weight excluding hydrogens is 232 g/mol. The second kappa shape index (κ2) is 7.91. The van der Waals surface area contributed by atoms with Gasteiger partial charge in [-0.1, -0.05) is 32.8 Å². The Balaban J connectivity index is 2.54. The molecule has 1 fully saturated rings. The van der Waals surface area contributed by atoms with Crippen LogP contribution >= 0.6 is 0 Å². The number of hydrogen-bond donors (Lipinski definition) is 0. The smallest absolute Gasteiger partial charge is 0.0873 e. The molecule has 1 saturated heterocycles. The Morgan fingerprint density at radius 2 is 2.12 bits per heavy atom. The maximum absolute atomic E-state index is 12.4. The van der Waals surface area contributed by atoms with E-state index in [1.54, 1.807) is 0 Å². The summed E-state index contributed by atoms with van der Waals surface area (Å²) in [6.07, 6.45) is 10.6. The van der Waals surface area contributed by atoms with E-state index in [1.165, 1.54) is 25.5 Å². The summed E-state index contributed by atoms with van der Waals surface area (Å²) in [6, 6.07) is 0. The van der Waals surface area contributed by atoms with Crippen LogP contribution in [0.4, 0.5) is 0 Å². The maximum atomic E-state index is 12.4. The molecule has 1 aliphatic rings. The van der Waals surface area contributed by atoms with E-state index < -0.39 is 10.8 Å². The molecule has 1 rings (SSSR count). The lowest BCUT2D eigenvalue weighted by molar-refractivity contribution is 0.234. The van der Waals surface area contributed by atoms with Crippen LogP contribution in [0.1, 0.15) is 58.3 Å². The molecule has 3 heteroatoms. The van der Waals surface area contributed by atoms with E-state index in [4.69, 9.17) is 4.74 Å². The highest BCUT2D eigenvalue weighted by molar-refractivity contribution is 7.86. The van der Waals surface area contributed by atoms with Crippen molar-refractivity contribution in [3.63, 3.8) is 0 Å². The van der Waals surface area contributed by atoms with Gasteiger partial charge in [-0.25, -0.2) is 0 Å². The van der Waals surface area contributed by atoms with E-state index in [1.807, 2.05) is 0 Å². The first-order valence-corrected chi connectivity index (χ1v) is 8.18. The Morgan fingerprint density at radius 1 is 1.35 bits per heavy atom. The summed E-state index contributed by atoms with van der Waals surface area (Å²) < 4.78 is 17.7. The van der Waals surface area contributed by atoms with Crippen LogP contribution in [0.5, 0.6) is 0 Å². The van der Waals surface area contributed by atoms with E-state index in [0.29, 0.717) is 6.61 Å². The van der Waals surface area contributed by atoms with Gasteiger partial charge in [-0.3, -0.25) is 4.21 Å². The molecule has 0 aliphatic carbocycles. The fourth-order valence-corrected chi connectivity index (χ4v) is 4.64. The van der Waals surface area contributed by atoms with Gasteiger partial charge < -0.3 is 4.74 Å². The molecule has 100 valence electrons. The van der Waals surface area contributed by atoms with Crippen LogP contribution in [0, 0.1) is 0 Å². The summed E-state index contributed by atoms with van der Waals surface area (Å²) >= 11 is 0. The fourth-order valence-electron chi connectivity index (χ4n) is 2.68. The van der Waals surface area contributed by atoms with Gasteiger partial charge in [-0.2, -0.15) is 0 Å². The highest BCUT2D eigenvalue weighted by atomic mass is 32.2. The van der Waals surface area contributed by atoms with Crippen LogP contribution in [-0.4, -0.2) is 21.3 Å².